The zero-order valence-corrected chi connectivity index (χ0v) is 15.0. The van der Waals surface area contributed by atoms with Gasteiger partial charge in [0.25, 0.3) is 0 Å². The fourth-order valence-corrected chi connectivity index (χ4v) is 3.25. The molecule has 0 saturated heterocycles. The summed E-state index contributed by atoms with van der Waals surface area (Å²) in [5, 5.41) is 17.5. The molecule has 1 aromatic heterocycles. The van der Waals surface area contributed by atoms with Gasteiger partial charge in [0.05, 0.1) is 10.5 Å². The molecule has 0 amide bonds. The van der Waals surface area contributed by atoms with E-state index in [1.165, 1.54) is 18.5 Å². The van der Waals surface area contributed by atoms with Gasteiger partial charge in [-0.3, -0.25) is 10.1 Å². The van der Waals surface area contributed by atoms with Crippen LogP contribution < -0.4 is 10.6 Å². The Morgan fingerprint density at radius 3 is 2.18 bits per heavy atom. The van der Waals surface area contributed by atoms with Gasteiger partial charge in [0.2, 0.25) is 11.6 Å². The van der Waals surface area contributed by atoms with E-state index in [1.54, 1.807) is 0 Å². The third-order valence-corrected chi connectivity index (χ3v) is 4.68. The lowest BCUT2D eigenvalue weighted by Gasteiger charge is -2.17. The van der Waals surface area contributed by atoms with Gasteiger partial charge in [-0.1, -0.05) is 25.7 Å². The number of nitro groups is 1. The quantitative estimate of drug-likeness (QED) is 0.406. The van der Waals surface area contributed by atoms with E-state index in [1.807, 2.05) is 0 Å². The maximum Gasteiger partial charge on any atom is 0.416 e. The predicted octanol–water partition coefficient (Wildman–Crippen LogP) is 5.28. The molecule has 1 fully saturated rings. The van der Waals surface area contributed by atoms with Crippen LogP contribution in [0.2, 0.25) is 0 Å². The Balaban J connectivity index is 1.83. The molecule has 2 aromatic rings. The molecule has 150 valence electrons. The summed E-state index contributed by atoms with van der Waals surface area (Å²) in [7, 11) is 0. The van der Waals surface area contributed by atoms with Crippen LogP contribution in [0.25, 0.3) is 0 Å². The first-order chi connectivity index (χ1) is 13.3. The Labute approximate surface area is 159 Å². The number of halogens is 3. The van der Waals surface area contributed by atoms with Gasteiger partial charge in [-0.2, -0.15) is 13.2 Å². The summed E-state index contributed by atoms with van der Waals surface area (Å²) < 4.78 is 38.0. The van der Waals surface area contributed by atoms with E-state index in [9.17, 15) is 23.3 Å². The van der Waals surface area contributed by atoms with Gasteiger partial charge in [0, 0.05) is 11.7 Å². The summed E-state index contributed by atoms with van der Waals surface area (Å²) in [4.78, 5) is 19.0. The summed E-state index contributed by atoms with van der Waals surface area (Å²) in [6, 6.07) is 4.30. The smallest absolute Gasteiger partial charge is 0.361 e. The van der Waals surface area contributed by atoms with Gasteiger partial charge in [0.1, 0.15) is 6.33 Å². The zero-order chi connectivity index (χ0) is 20.1. The number of hydrogen-bond donors (Lipinski definition) is 2. The molecule has 28 heavy (non-hydrogen) atoms. The number of nitrogens with zero attached hydrogens (tertiary/aromatic N) is 3. The lowest BCUT2D eigenvalue weighted by atomic mass is 10.1. The van der Waals surface area contributed by atoms with Crippen molar-refractivity contribution < 1.29 is 18.1 Å². The standard InChI is InChI=1S/C18H20F3N5O2/c19-18(20,21)12-7-9-14(10-8-12)25-17-15(26(27)28)16(22-11-23-17)24-13-5-3-1-2-4-6-13/h7-11,13H,1-6H2,(H2,22,23,24,25). The molecular formula is C18H20F3N5O2. The molecular weight excluding hydrogens is 375 g/mol. The third kappa shape index (κ3) is 4.87. The largest absolute Gasteiger partial charge is 0.416 e. The molecule has 10 heteroatoms. The van der Waals surface area contributed by atoms with Crippen molar-refractivity contribution in [3.05, 3.63) is 46.3 Å². The first-order valence-electron chi connectivity index (χ1n) is 9.05. The predicted molar refractivity (Wildman–Crippen MR) is 98.5 cm³/mol. The Hall–Kier alpha value is -2.91. The molecule has 0 aliphatic heterocycles. The normalized spacial score (nSPS) is 15.7. The number of anilines is 3. The molecule has 2 N–H and O–H groups in total. The van der Waals surface area contributed by atoms with E-state index in [0.29, 0.717) is 0 Å². The van der Waals surface area contributed by atoms with Crippen LogP contribution in [0, 0.1) is 10.1 Å². The van der Waals surface area contributed by atoms with E-state index >= 15 is 0 Å². The van der Waals surface area contributed by atoms with Crippen molar-refractivity contribution >= 4 is 23.0 Å². The van der Waals surface area contributed by atoms with Crippen LogP contribution in [0.3, 0.4) is 0 Å². The van der Waals surface area contributed by atoms with Crippen molar-refractivity contribution in [2.24, 2.45) is 0 Å². The van der Waals surface area contributed by atoms with Crippen molar-refractivity contribution in [3.8, 4) is 0 Å². The lowest BCUT2D eigenvalue weighted by Crippen LogP contribution is -2.20. The molecule has 1 heterocycles. The van der Waals surface area contributed by atoms with Gasteiger partial charge >= 0.3 is 11.9 Å². The fourth-order valence-electron chi connectivity index (χ4n) is 3.25. The maximum atomic E-state index is 12.7. The summed E-state index contributed by atoms with van der Waals surface area (Å²) in [5.41, 5.74) is -0.868. The topological polar surface area (TPSA) is 93.0 Å². The summed E-state index contributed by atoms with van der Waals surface area (Å²) in [5.74, 6) is 0.0391. The minimum atomic E-state index is -4.45. The van der Waals surface area contributed by atoms with Gasteiger partial charge < -0.3 is 10.6 Å². The number of rotatable bonds is 5. The van der Waals surface area contributed by atoms with Crippen molar-refractivity contribution in [3.63, 3.8) is 0 Å². The first kappa shape index (κ1) is 19.8. The zero-order valence-electron chi connectivity index (χ0n) is 15.0. The highest BCUT2D eigenvalue weighted by Crippen LogP contribution is 2.34. The highest BCUT2D eigenvalue weighted by molar-refractivity contribution is 5.73. The number of alkyl halides is 3. The molecule has 0 atom stereocenters. The average molecular weight is 395 g/mol. The van der Waals surface area contributed by atoms with Gasteiger partial charge in [-0.05, 0) is 37.1 Å². The minimum Gasteiger partial charge on any atom is -0.361 e. The molecule has 3 rings (SSSR count). The van der Waals surface area contributed by atoms with Crippen LogP contribution in [-0.4, -0.2) is 20.9 Å². The Morgan fingerprint density at radius 2 is 1.61 bits per heavy atom. The SMILES string of the molecule is O=[N+]([O-])c1c(Nc2ccc(C(F)(F)F)cc2)ncnc1NC1CCCCCC1. The molecule has 1 aliphatic carbocycles. The number of aromatic nitrogens is 2. The molecule has 0 unspecified atom stereocenters. The maximum absolute atomic E-state index is 12.7. The monoisotopic (exact) mass is 395 g/mol. The van der Waals surface area contributed by atoms with Gasteiger partial charge in [-0.25, -0.2) is 9.97 Å². The van der Waals surface area contributed by atoms with Crippen LogP contribution >= 0.6 is 0 Å². The third-order valence-electron chi connectivity index (χ3n) is 4.68. The number of nitrogens with one attached hydrogen (secondary N) is 2. The highest BCUT2D eigenvalue weighted by atomic mass is 19.4. The van der Waals surface area contributed by atoms with Crippen LogP contribution in [0.4, 0.5) is 36.2 Å². The van der Waals surface area contributed by atoms with Crippen molar-refractivity contribution in [2.75, 3.05) is 10.6 Å². The molecule has 1 aliphatic rings. The highest BCUT2D eigenvalue weighted by Gasteiger charge is 2.30. The van der Waals surface area contributed by atoms with E-state index in [2.05, 4.69) is 20.6 Å². The van der Waals surface area contributed by atoms with Crippen LogP contribution in [0.15, 0.2) is 30.6 Å². The van der Waals surface area contributed by atoms with E-state index in [4.69, 9.17) is 0 Å². The molecule has 7 nitrogen and oxygen atoms in total. The second-order valence-corrected chi connectivity index (χ2v) is 6.71. The van der Waals surface area contributed by atoms with E-state index < -0.39 is 16.7 Å². The minimum absolute atomic E-state index is 0.0733. The van der Waals surface area contributed by atoms with Crippen LogP contribution in [0.1, 0.15) is 44.1 Å². The molecule has 0 spiro atoms. The second-order valence-electron chi connectivity index (χ2n) is 6.71. The van der Waals surface area contributed by atoms with Gasteiger partial charge in [-0.15, -0.1) is 0 Å². The summed E-state index contributed by atoms with van der Waals surface area (Å²) in [6.07, 6.45) is 2.94. The van der Waals surface area contributed by atoms with Crippen molar-refractivity contribution in [1.82, 2.24) is 9.97 Å². The van der Waals surface area contributed by atoms with Gasteiger partial charge in [0.15, 0.2) is 0 Å². The average Bonchev–Trinajstić information content (AvgIpc) is 2.90. The number of hydrogen-bond acceptors (Lipinski definition) is 6. The lowest BCUT2D eigenvalue weighted by molar-refractivity contribution is -0.383. The molecule has 1 aromatic carbocycles. The Bertz CT molecular complexity index is 819. The molecule has 0 radical (unpaired) electrons. The van der Waals surface area contributed by atoms with Crippen LogP contribution in [-0.2, 0) is 6.18 Å². The fraction of sp³-hybridized carbons (Fsp3) is 0.444. The summed E-state index contributed by atoms with van der Waals surface area (Å²) in [6.45, 7) is 0. The second kappa shape index (κ2) is 8.41. The first-order valence-corrected chi connectivity index (χ1v) is 9.05. The number of benzene rings is 1. The van der Waals surface area contributed by atoms with Crippen LogP contribution in [0.5, 0.6) is 0 Å². The Morgan fingerprint density at radius 1 is 1.00 bits per heavy atom. The Kier molecular flexibility index (Phi) is 5.96. The molecule has 0 bridgehead atoms. The molecule has 1 saturated carbocycles. The van der Waals surface area contributed by atoms with E-state index in [0.717, 1.165) is 50.7 Å². The van der Waals surface area contributed by atoms with E-state index in [-0.39, 0.29) is 29.1 Å². The van der Waals surface area contributed by atoms with Crippen molar-refractivity contribution in [1.29, 1.82) is 0 Å². The van der Waals surface area contributed by atoms with Crippen molar-refractivity contribution in [2.45, 2.75) is 50.7 Å². The summed E-state index contributed by atoms with van der Waals surface area (Å²) >= 11 is 0.